The summed E-state index contributed by atoms with van der Waals surface area (Å²) in [6.45, 7) is 5.80. The van der Waals surface area contributed by atoms with E-state index in [1.807, 2.05) is 0 Å². The molecule has 2 aromatic rings. The predicted octanol–water partition coefficient (Wildman–Crippen LogP) is 3.25. The minimum absolute atomic E-state index is 0.287. The Kier molecular flexibility index (Phi) is 2.89. The molecule has 104 valence electrons. The Balaban J connectivity index is 1.64. The molecule has 2 saturated heterocycles. The van der Waals surface area contributed by atoms with Crippen molar-refractivity contribution in [1.29, 1.82) is 0 Å². The van der Waals surface area contributed by atoms with Crippen molar-refractivity contribution in [2.75, 3.05) is 19.6 Å². The molecular formula is C16H19N3S. The fourth-order valence-corrected chi connectivity index (χ4v) is 4.51. The molecule has 0 aromatic carbocycles. The molecule has 2 unspecified atom stereocenters. The van der Waals surface area contributed by atoms with Crippen molar-refractivity contribution >= 4 is 11.3 Å². The molecule has 0 spiro atoms. The minimum Gasteiger partial charge on any atom is -0.302 e. The molecule has 0 radical (unpaired) electrons. The second-order valence-electron chi connectivity index (χ2n) is 6.20. The van der Waals surface area contributed by atoms with Crippen LogP contribution in [0.4, 0.5) is 0 Å². The average molecular weight is 285 g/mol. The molecule has 2 aliphatic heterocycles. The van der Waals surface area contributed by atoms with Gasteiger partial charge in [-0.1, -0.05) is 0 Å². The smallest absolute Gasteiger partial charge is 0.103 e. The second kappa shape index (κ2) is 4.64. The van der Waals surface area contributed by atoms with Crippen molar-refractivity contribution in [3.05, 3.63) is 34.8 Å². The number of fused-ring (bicyclic) bond motifs is 2. The van der Waals surface area contributed by atoms with Gasteiger partial charge in [-0.3, -0.25) is 0 Å². The van der Waals surface area contributed by atoms with E-state index in [-0.39, 0.29) is 5.41 Å². The maximum Gasteiger partial charge on any atom is 0.103 e. The summed E-state index contributed by atoms with van der Waals surface area (Å²) in [5.41, 5.74) is 3.80. The van der Waals surface area contributed by atoms with Gasteiger partial charge in [-0.05, 0) is 68.4 Å². The highest BCUT2D eigenvalue weighted by Crippen LogP contribution is 2.41. The Morgan fingerprint density at radius 3 is 2.90 bits per heavy atom. The van der Waals surface area contributed by atoms with E-state index in [0.29, 0.717) is 0 Å². The minimum atomic E-state index is 0.287. The lowest BCUT2D eigenvalue weighted by atomic mass is 9.78. The van der Waals surface area contributed by atoms with E-state index in [4.69, 9.17) is 0 Å². The van der Waals surface area contributed by atoms with Crippen LogP contribution >= 0.6 is 11.3 Å². The van der Waals surface area contributed by atoms with Gasteiger partial charge in [-0.2, -0.15) is 5.10 Å². The molecule has 2 aromatic heterocycles. The zero-order valence-corrected chi connectivity index (χ0v) is 12.6. The molecule has 4 heterocycles. The fourth-order valence-electron chi connectivity index (χ4n) is 3.64. The van der Waals surface area contributed by atoms with E-state index >= 15 is 0 Å². The van der Waals surface area contributed by atoms with Crippen molar-refractivity contribution in [2.24, 2.45) is 0 Å². The first-order valence-electron chi connectivity index (χ1n) is 7.37. The molecule has 3 nitrogen and oxygen atoms in total. The zero-order chi connectivity index (χ0) is 13.6. The predicted molar refractivity (Wildman–Crippen MR) is 82.1 cm³/mol. The van der Waals surface area contributed by atoms with E-state index in [1.54, 1.807) is 11.3 Å². The van der Waals surface area contributed by atoms with Gasteiger partial charge in [0.05, 0.1) is 10.6 Å². The monoisotopic (exact) mass is 285 g/mol. The normalized spacial score (nSPS) is 28.8. The number of aryl methyl sites for hydroxylation is 1. The van der Waals surface area contributed by atoms with E-state index in [9.17, 15) is 0 Å². The molecule has 0 aliphatic carbocycles. The van der Waals surface area contributed by atoms with Gasteiger partial charge in [0.1, 0.15) is 5.69 Å². The lowest BCUT2D eigenvalue weighted by Crippen LogP contribution is -2.37. The zero-order valence-electron chi connectivity index (χ0n) is 11.8. The van der Waals surface area contributed by atoms with Crippen molar-refractivity contribution < 1.29 is 0 Å². The Morgan fingerprint density at radius 1 is 1.20 bits per heavy atom. The molecule has 4 rings (SSSR count). The van der Waals surface area contributed by atoms with Crippen LogP contribution in [0, 0.1) is 6.92 Å². The van der Waals surface area contributed by atoms with Gasteiger partial charge in [0.2, 0.25) is 0 Å². The number of thiophene rings is 1. The summed E-state index contributed by atoms with van der Waals surface area (Å²) < 4.78 is 0. The maximum atomic E-state index is 4.59. The van der Waals surface area contributed by atoms with Crippen LogP contribution in [0.25, 0.3) is 10.6 Å². The average Bonchev–Trinajstić information content (AvgIpc) is 3.04. The molecular weight excluding hydrogens is 266 g/mol. The summed E-state index contributed by atoms with van der Waals surface area (Å²) >= 11 is 1.75. The van der Waals surface area contributed by atoms with Crippen LogP contribution < -0.4 is 0 Å². The molecule has 0 saturated carbocycles. The van der Waals surface area contributed by atoms with Crippen LogP contribution in [0.2, 0.25) is 0 Å². The van der Waals surface area contributed by atoms with Gasteiger partial charge in [0.15, 0.2) is 0 Å². The van der Waals surface area contributed by atoms with Gasteiger partial charge in [-0.25, -0.2) is 0 Å². The third-order valence-electron chi connectivity index (χ3n) is 4.75. The van der Waals surface area contributed by atoms with Gasteiger partial charge >= 0.3 is 0 Å². The number of hydrogen-bond donors (Lipinski definition) is 0. The summed E-state index contributed by atoms with van der Waals surface area (Å²) in [6.07, 6.45) is 3.82. The van der Waals surface area contributed by atoms with Gasteiger partial charge in [0, 0.05) is 12.0 Å². The molecule has 2 bridgehead atoms. The molecule has 0 amide bonds. The third kappa shape index (κ3) is 1.98. The highest BCUT2D eigenvalue weighted by molar-refractivity contribution is 7.13. The number of rotatable bonds is 2. The van der Waals surface area contributed by atoms with Crippen LogP contribution in [0.5, 0.6) is 0 Å². The Labute approximate surface area is 123 Å². The largest absolute Gasteiger partial charge is 0.302 e. The van der Waals surface area contributed by atoms with Crippen molar-refractivity contribution in [2.45, 2.75) is 31.6 Å². The fraction of sp³-hybridized carbons (Fsp3) is 0.500. The molecule has 2 fully saturated rings. The standard InChI is InChI=1S/C16H19N3S/c1-12-9-14(20-10-12)13-3-4-15(18-17-13)16-5-2-7-19(11-16)8-6-16/h3-4,9-10H,2,5-8,11H2,1H3. The van der Waals surface area contributed by atoms with Gasteiger partial charge in [0.25, 0.3) is 0 Å². The summed E-state index contributed by atoms with van der Waals surface area (Å²) in [6, 6.07) is 6.55. The second-order valence-corrected chi connectivity index (χ2v) is 7.11. The summed E-state index contributed by atoms with van der Waals surface area (Å²) in [4.78, 5) is 3.79. The van der Waals surface area contributed by atoms with Crippen LogP contribution in [-0.2, 0) is 5.41 Å². The maximum absolute atomic E-state index is 4.59. The Morgan fingerprint density at radius 2 is 2.15 bits per heavy atom. The quantitative estimate of drug-likeness (QED) is 0.848. The van der Waals surface area contributed by atoms with Crippen molar-refractivity contribution in [3.8, 4) is 10.6 Å². The first-order chi connectivity index (χ1) is 9.75. The molecule has 2 atom stereocenters. The first kappa shape index (κ1) is 12.5. The highest BCUT2D eigenvalue weighted by atomic mass is 32.1. The van der Waals surface area contributed by atoms with Crippen LogP contribution in [0.15, 0.2) is 23.6 Å². The Hall–Kier alpha value is -1.26. The lowest BCUT2D eigenvalue weighted by molar-refractivity contribution is 0.239. The highest BCUT2D eigenvalue weighted by Gasteiger charge is 2.43. The topological polar surface area (TPSA) is 29.0 Å². The third-order valence-corrected chi connectivity index (χ3v) is 5.82. The van der Waals surface area contributed by atoms with Gasteiger partial charge < -0.3 is 4.90 Å². The van der Waals surface area contributed by atoms with E-state index in [1.165, 1.54) is 55.0 Å². The summed E-state index contributed by atoms with van der Waals surface area (Å²) in [7, 11) is 0. The van der Waals surface area contributed by atoms with Crippen LogP contribution in [-0.4, -0.2) is 34.7 Å². The van der Waals surface area contributed by atoms with Crippen molar-refractivity contribution in [3.63, 3.8) is 0 Å². The molecule has 20 heavy (non-hydrogen) atoms. The molecule has 2 aliphatic rings. The number of hydrogen-bond acceptors (Lipinski definition) is 4. The number of nitrogens with zero attached hydrogens (tertiary/aromatic N) is 3. The molecule has 0 N–H and O–H groups in total. The van der Waals surface area contributed by atoms with Crippen molar-refractivity contribution in [1.82, 2.24) is 15.1 Å². The van der Waals surface area contributed by atoms with Crippen LogP contribution in [0.3, 0.4) is 0 Å². The first-order valence-corrected chi connectivity index (χ1v) is 8.25. The summed E-state index contributed by atoms with van der Waals surface area (Å²) in [5.74, 6) is 0. The molecule has 4 heteroatoms. The summed E-state index contributed by atoms with van der Waals surface area (Å²) in [5, 5.41) is 11.2. The van der Waals surface area contributed by atoms with Gasteiger partial charge in [-0.15, -0.1) is 16.4 Å². The Bertz CT molecular complexity index is 615. The number of aromatic nitrogens is 2. The SMILES string of the molecule is Cc1csc(-c2ccc(C34CCCN(CC3)C4)nn2)c1. The van der Waals surface area contributed by atoms with E-state index < -0.39 is 0 Å². The van der Waals surface area contributed by atoms with Crippen LogP contribution in [0.1, 0.15) is 30.5 Å². The number of piperidine rings is 1. The lowest BCUT2D eigenvalue weighted by Gasteiger charge is -2.33. The van der Waals surface area contributed by atoms with E-state index in [2.05, 4.69) is 45.6 Å². The van der Waals surface area contributed by atoms with E-state index in [0.717, 1.165) is 5.69 Å².